The number of aromatic hydroxyl groups is 1. The van der Waals surface area contributed by atoms with Crippen molar-refractivity contribution in [2.24, 2.45) is 5.92 Å². The minimum Gasteiger partial charge on any atom is -0.507 e. The van der Waals surface area contributed by atoms with Crippen LogP contribution in [0.2, 0.25) is 0 Å². The van der Waals surface area contributed by atoms with Gasteiger partial charge in [0.15, 0.2) is 5.76 Å². The molecule has 5 rings (SSSR count). The van der Waals surface area contributed by atoms with Gasteiger partial charge >= 0.3 is 5.91 Å². The molecule has 0 aliphatic carbocycles. The number of benzene rings is 1. The molecule has 1 aromatic heterocycles. The molecule has 3 saturated heterocycles. The fourth-order valence-corrected chi connectivity index (χ4v) is 3.54. The molecule has 3 aliphatic heterocycles. The number of carbonyl (C=O) groups excluding carboxylic acids is 1. The van der Waals surface area contributed by atoms with Crippen molar-refractivity contribution in [1.29, 1.82) is 0 Å². The Bertz CT molecular complexity index is 719. The number of hydrogen-bond donors (Lipinski definition) is 2. The molecule has 0 saturated carbocycles. The number of rotatable bonds is 3. The van der Waals surface area contributed by atoms with Crippen molar-refractivity contribution < 1.29 is 14.3 Å². The second-order valence-electron chi connectivity index (χ2n) is 6.26. The number of phenols is 1. The van der Waals surface area contributed by atoms with Gasteiger partial charge in [-0.1, -0.05) is 12.1 Å². The molecule has 0 radical (unpaired) electrons. The summed E-state index contributed by atoms with van der Waals surface area (Å²) in [6.45, 7) is 3.17. The van der Waals surface area contributed by atoms with E-state index in [9.17, 15) is 9.90 Å². The molecule has 23 heavy (non-hydrogen) atoms. The van der Waals surface area contributed by atoms with Crippen molar-refractivity contribution in [1.82, 2.24) is 15.2 Å². The maximum atomic E-state index is 12.4. The first-order valence-corrected chi connectivity index (χ1v) is 7.98. The van der Waals surface area contributed by atoms with Gasteiger partial charge in [-0.2, -0.15) is 0 Å². The summed E-state index contributed by atoms with van der Waals surface area (Å²) in [5.74, 6) is 0.803. The van der Waals surface area contributed by atoms with E-state index in [2.05, 4.69) is 15.2 Å². The molecule has 120 valence electrons. The molecule has 0 unspecified atom stereocenters. The SMILES string of the molecule is O=C(N[C@H]1CN2CCC1CC2)c1ncc(-c2ccccc2O)o1. The third-order valence-electron chi connectivity index (χ3n) is 4.84. The predicted octanol–water partition coefficient (Wildman–Crippen LogP) is 1.87. The van der Waals surface area contributed by atoms with Crippen LogP contribution in [0.5, 0.6) is 5.75 Å². The van der Waals surface area contributed by atoms with Crippen LogP contribution in [0.15, 0.2) is 34.9 Å². The molecule has 6 nitrogen and oxygen atoms in total. The zero-order valence-electron chi connectivity index (χ0n) is 12.7. The fourth-order valence-electron chi connectivity index (χ4n) is 3.54. The van der Waals surface area contributed by atoms with Gasteiger partial charge in [-0.25, -0.2) is 4.98 Å². The number of phenolic OH excluding ortho intramolecular Hbond substituents is 1. The van der Waals surface area contributed by atoms with E-state index in [1.165, 1.54) is 6.20 Å². The highest BCUT2D eigenvalue weighted by molar-refractivity contribution is 5.90. The Balaban J connectivity index is 1.48. The van der Waals surface area contributed by atoms with Crippen molar-refractivity contribution in [3.05, 3.63) is 36.4 Å². The molecule has 2 bridgehead atoms. The minimum atomic E-state index is -0.287. The Morgan fingerprint density at radius 1 is 1.30 bits per heavy atom. The lowest BCUT2D eigenvalue weighted by Crippen LogP contribution is -2.57. The van der Waals surface area contributed by atoms with Crippen LogP contribution in [0.4, 0.5) is 0 Å². The van der Waals surface area contributed by atoms with E-state index in [0.29, 0.717) is 17.2 Å². The number of nitrogens with one attached hydrogen (secondary N) is 1. The lowest BCUT2D eigenvalue weighted by Gasteiger charge is -2.44. The molecule has 4 heterocycles. The summed E-state index contributed by atoms with van der Waals surface area (Å²) in [6.07, 6.45) is 3.75. The molecular weight excluding hydrogens is 294 g/mol. The quantitative estimate of drug-likeness (QED) is 0.904. The Labute approximate surface area is 134 Å². The topological polar surface area (TPSA) is 78.6 Å². The molecule has 2 N–H and O–H groups in total. The van der Waals surface area contributed by atoms with Gasteiger partial charge in [-0.3, -0.25) is 4.79 Å². The fraction of sp³-hybridized carbons (Fsp3) is 0.412. The standard InChI is InChI=1S/C17H19N3O3/c21-14-4-2-1-3-12(14)15-9-18-17(23-15)16(22)19-13-10-20-7-5-11(13)6-8-20/h1-4,9,11,13,21H,5-8,10H2,(H,19,22)/t13-/m0/s1. The smallest absolute Gasteiger partial charge is 0.307 e. The van der Waals surface area contributed by atoms with Gasteiger partial charge < -0.3 is 19.7 Å². The summed E-state index contributed by atoms with van der Waals surface area (Å²) in [4.78, 5) is 18.8. The number of carbonyl (C=O) groups is 1. The second kappa shape index (κ2) is 5.70. The highest BCUT2D eigenvalue weighted by atomic mass is 16.4. The lowest BCUT2D eigenvalue weighted by atomic mass is 9.84. The number of amides is 1. The number of piperidine rings is 3. The number of oxazole rings is 1. The maximum absolute atomic E-state index is 12.4. The summed E-state index contributed by atoms with van der Waals surface area (Å²) in [7, 11) is 0. The van der Waals surface area contributed by atoms with Crippen LogP contribution in [0.25, 0.3) is 11.3 Å². The van der Waals surface area contributed by atoms with Crippen LogP contribution < -0.4 is 5.32 Å². The predicted molar refractivity (Wildman–Crippen MR) is 84.0 cm³/mol. The van der Waals surface area contributed by atoms with Crippen molar-refractivity contribution in [3.8, 4) is 17.1 Å². The van der Waals surface area contributed by atoms with E-state index >= 15 is 0 Å². The third-order valence-corrected chi connectivity index (χ3v) is 4.84. The number of nitrogens with zero attached hydrogens (tertiary/aromatic N) is 2. The van der Waals surface area contributed by atoms with Gasteiger partial charge in [0.2, 0.25) is 0 Å². The summed E-state index contributed by atoms with van der Waals surface area (Å²) in [5, 5.41) is 12.9. The Hall–Kier alpha value is -2.34. The summed E-state index contributed by atoms with van der Waals surface area (Å²) in [6, 6.07) is 7.00. The van der Waals surface area contributed by atoms with Crippen molar-refractivity contribution in [2.45, 2.75) is 18.9 Å². The first-order chi connectivity index (χ1) is 11.2. The van der Waals surface area contributed by atoms with E-state index in [1.54, 1.807) is 24.3 Å². The van der Waals surface area contributed by atoms with Crippen LogP contribution >= 0.6 is 0 Å². The number of fused-ring (bicyclic) bond motifs is 3. The summed E-state index contributed by atoms with van der Waals surface area (Å²) >= 11 is 0. The van der Waals surface area contributed by atoms with E-state index in [4.69, 9.17) is 4.42 Å². The van der Waals surface area contributed by atoms with Gasteiger partial charge in [0, 0.05) is 12.6 Å². The monoisotopic (exact) mass is 313 g/mol. The van der Waals surface area contributed by atoms with Crippen molar-refractivity contribution in [3.63, 3.8) is 0 Å². The molecule has 1 aromatic carbocycles. The Morgan fingerprint density at radius 2 is 2.09 bits per heavy atom. The van der Waals surface area contributed by atoms with Gasteiger partial charge in [0.1, 0.15) is 5.75 Å². The number of hydrogen-bond acceptors (Lipinski definition) is 5. The zero-order chi connectivity index (χ0) is 15.8. The molecule has 1 amide bonds. The van der Waals surface area contributed by atoms with Crippen LogP contribution in [0.1, 0.15) is 23.5 Å². The summed E-state index contributed by atoms with van der Waals surface area (Å²) < 4.78 is 5.54. The van der Waals surface area contributed by atoms with Gasteiger partial charge in [-0.15, -0.1) is 0 Å². The Morgan fingerprint density at radius 3 is 2.78 bits per heavy atom. The van der Waals surface area contributed by atoms with E-state index in [0.717, 1.165) is 32.5 Å². The zero-order valence-corrected chi connectivity index (χ0v) is 12.7. The van der Waals surface area contributed by atoms with Crippen molar-refractivity contribution >= 4 is 5.91 Å². The average molecular weight is 313 g/mol. The molecule has 1 atom stereocenters. The molecule has 3 aliphatic rings. The van der Waals surface area contributed by atoms with Crippen molar-refractivity contribution in [2.75, 3.05) is 19.6 Å². The normalized spacial score (nSPS) is 26.2. The first-order valence-electron chi connectivity index (χ1n) is 7.98. The van der Waals surface area contributed by atoms with Gasteiger partial charge in [-0.05, 0) is 44.0 Å². The van der Waals surface area contributed by atoms with Crippen LogP contribution in [0, 0.1) is 5.92 Å². The molecule has 0 spiro atoms. The molecule has 2 aromatic rings. The highest BCUT2D eigenvalue weighted by Gasteiger charge is 2.35. The highest BCUT2D eigenvalue weighted by Crippen LogP contribution is 2.30. The second-order valence-corrected chi connectivity index (χ2v) is 6.26. The van der Waals surface area contributed by atoms with Crippen LogP contribution in [-0.2, 0) is 0 Å². The van der Waals surface area contributed by atoms with E-state index in [1.807, 2.05) is 0 Å². The van der Waals surface area contributed by atoms with Gasteiger partial charge in [0.05, 0.1) is 11.8 Å². The number of para-hydroxylation sites is 1. The average Bonchev–Trinajstić information content (AvgIpc) is 3.06. The number of aromatic nitrogens is 1. The van der Waals surface area contributed by atoms with E-state index in [-0.39, 0.29) is 23.6 Å². The largest absolute Gasteiger partial charge is 0.507 e. The van der Waals surface area contributed by atoms with Crippen LogP contribution in [-0.4, -0.2) is 46.6 Å². The first kappa shape index (κ1) is 14.3. The summed E-state index contributed by atoms with van der Waals surface area (Å²) in [5.41, 5.74) is 0.530. The molecule has 3 fully saturated rings. The Kier molecular flexibility index (Phi) is 3.53. The minimum absolute atomic E-state index is 0.0414. The maximum Gasteiger partial charge on any atom is 0.307 e. The molecular formula is C17H19N3O3. The lowest BCUT2D eigenvalue weighted by molar-refractivity contribution is 0.0602. The van der Waals surface area contributed by atoms with E-state index < -0.39 is 0 Å². The molecule has 6 heteroatoms. The van der Waals surface area contributed by atoms with Gasteiger partial charge in [0.25, 0.3) is 5.89 Å². The van der Waals surface area contributed by atoms with Crippen LogP contribution in [0.3, 0.4) is 0 Å². The third kappa shape index (κ3) is 2.70.